The van der Waals surface area contributed by atoms with Crippen molar-refractivity contribution < 1.29 is 4.74 Å². The molecule has 5 heteroatoms. The van der Waals surface area contributed by atoms with Crippen LogP contribution in [0.4, 0.5) is 5.69 Å². The highest BCUT2D eigenvalue weighted by atomic mass is 35.5. The van der Waals surface area contributed by atoms with E-state index >= 15 is 0 Å². The maximum absolute atomic E-state index is 6.28. The molecule has 1 aliphatic heterocycles. The lowest BCUT2D eigenvalue weighted by molar-refractivity contribution is 0.414. The van der Waals surface area contributed by atoms with Gasteiger partial charge in [-0.1, -0.05) is 29.8 Å². The van der Waals surface area contributed by atoms with Crippen molar-refractivity contribution in [1.29, 1.82) is 0 Å². The minimum absolute atomic E-state index is 0.122. The molecule has 3 rings (SSSR count). The summed E-state index contributed by atoms with van der Waals surface area (Å²) in [4.78, 5) is 0. The van der Waals surface area contributed by atoms with Crippen molar-refractivity contribution in [1.82, 2.24) is 0 Å². The van der Waals surface area contributed by atoms with E-state index in [1.807, 2.05) is 42.3 Å². The molecular weight excluding hydrogens is 310 g/mol. The Balaban J connectivity index is 2.00. The van der Waals surface area contributed by atoms with Crippen LogP contribution >= 0.6 is 11.6 Å². The van der Waals surface area contributed by atoms with Crippen LogP contribution < -0.4 is 15.5 Å². The molecule has 0 radical (unpaired) electrons. The van der Waals surface area contributed by atoms with Crippen LogP contribution in [0.25, 0.3) is 0 Å². The zero-order valence-corrected chi connectivity index (χ0v) is 14.0. The van der Waals surface area contributed by atoms with Gasteiger partial charge in [0.1, 0.15) is 5.75 Å². The molecule has 0 fully saturated rings. The standard InChI is InChI=1S/C18H20ClN3O/c1-12-16(19)4-3-5-17(12)22-18(10-14(11-20)21-22)13-6-8-15(23-2)9-7-13/h3-9,18H,10-11,20H2,1-2H3. The molecule has 0 saturated heterocycles. The number of hydrogen-bond acceptors (Lipinski definition) is 4. The first-order chi connectivity index (χ1) is 11.1. The molecule has 0 spiro atoms. The molecule has 1 unspecified atom stereocenters. The zero-order valence-electron chi connectivity index (χ0n) is 13.3. The molecule has 0 saturated carbocycles. The highest BCUT2D eigenvalue weighted by Crippen LogP contribution is 2.38. The Hall–Kier alpha value is -2.04. The van der Waals surface area contributed by atoms with Crippen LogP contribution in [0.15, 0.2) is 47.6 Å². The summed E-state index contributed by atoms with van der Waals surface area (Å²) in [6.45, 7) is 2.47. The summed E-state index contributed by atoms with van der Waals surface area (Å²) in [6.07, 6.45) is 0.814. The number of ether oxygens (including phenoxy) is 1. The van der Waals surface area contributed by atoms with Crippen LogP contribution in [0, 0.1) is 6.92 Å². The van der Waals surface area contributed by atoms with Crippen molar-refractivity contribution in [3.63, 3.8) is 0 Å². The van der Waals surface area contributed by atoms with Gasteiger partial charge in [-0.15, -0.1) is 0 Å². The predicted molar refractivity (Wildman–Crippen MR) is 95.5 cm³/mol. The summed E-state index contributed by atoms with van der Waals surface area (Å²) in [7, 11) is 1.67. The summed E-state index contributed by atoms with van der Waals surface area (Å²) in [5.74, 6) is 0.845. The van der Waals surface area contributed by atoms with Crippen molar-refractivity contribution in [2.75, 3.05) is 18.7 Å². The first-order valence-electron chi connectivity index (χ1n) is 7.58. The minimum Gasteiger partial charge on any atom is -0.497 e. The van der Waals surface area contributed by atoms with Crippen LogP contribution in [0.5, 0.6) is 5.75 Å². The molecule has 2 aromatic carbocycles. The van der Waals surface area contributed by atoms with Crippen LogP contribution in [0.1, 0.15) is 23.6 Å². The van der Waals surface area contributed by atoms with Gasteiger partial charge in [0.25, 0.3) is 0 Å². The fraction of sp³-hybridized carbons (Fsp3) is 0.278. The summed E-state index contributed by atoms with van der Waals surface area (Å²) >= 11 is 6.28. The molecule has 23 heavy (non-hydrogen) atoms. The van der Waals surface area contributed by atoms with E-state index in [1.54, 1.807) is 7.11 Å². The Labute approximate surface area is 141 Å². The minimum atomic E-state index is 0.122. The normalized spacial score (nSPS) is 17.3. The average molecular weight is 330 g/mol. The molecule has 0 bridgehead atoms. The van der Waals surface area contributed by atoms with Crippen molar-refractivity contribution in [2.45, 2.75) is 19.4 Å². The molecule has 0 aromatic heterocycles. The largest absolute Gasteiger partial charge is 0.497 e. The van der Waals surface area contributed by atoms with Gasteiger partial charge < -0.3 is 10.5 Å². The molecule has 0 amide bonds. The molecular formula is C18H20ClN3O. The Morgan fingerprint density at radius 3 is 2.65 bits per heavy atom. The second-order valence-corrected chi connectivity index (χ2v) is 6.00. The summed E-state index contributed by atoms with van der Waals surface area (Å²) in [6, 6.07) is 14.1. The van der Waals surface area contributed by atoms with Crippen molar-refractivity contribution in [3.8, 4) is 5.75 Å². The number of methoxy groups -OCH3 is 1. The number of halogens is 1. The van der Waals surface area contributed by atoms with E-state index in [1.165, 1.54) is 5.56 Å². The Morgan fingerprint density at radius 2 is 2.00 bits per heavy atom. The van der Waals surface area contributed by atoms with Gasteiger partial charge >= 0.3 is 0 Å². The lowest BCUT2D eigenvalue weighted by atomic mass is 10.0. The van der Waals surface area contributed by atoms with E-state index < -0.39 is 0 Å². The third kappa shape index (κ3) is 3.05. The third-order valence-corrected chi connectivity index (χ3v) is 4.60. The molecule has 2 aromatic rings. The predicted octanol–water partition coefficient (Wildman–Crippen LogP) is 3.92. The van der Waals surface area contributed by atoms with E-state index in [2.05, 4.69) is 12.1 Å². The maximum Gasteiger partial charge on any atom is 0.118 e. The molecule has 0 aliphatic carbocycles. The topological polar surface area (TPSA) is 50.9 Å². The van der Waals surface area contributed by atoms with E-state index in [0.29, 0.717) is 6.54 Å². The fourth-order valence-electron chi connectivity index (χ4n) is 2.85. The lowest BCUT2D eigenvalue weighted by Gasteiger charge is -2.26. The Bertz CT molecular complexity index is 728. The van der Waals surface area contributed by atoms with E-state index in [0.717, 1.165) is 34.2 Å². The van der Waals surface area contributed by atoms with Gasteiger partial charge in [-0.25, -0.2) is 0 Å². The van der Waals surface area contributed by atoms with E-state index in [9.17, 15) is 0 Å². The number of benzene rings is 2. The van der Waals surface area contributed by atoms with Gasteiger partial charge in [-0.2, -0.15) is 5.10 Å². The fourth-order valence-corrected chi connectivity index (χ4v) is 3.02. The number of nitrogens with two attached hydrogens (primary N) is 1. The average Bonchev–Trinajstić information content (AvgIpc) is 3.01. The number of anilines is 1. The lowest BCUT2D eigenvalue weighted by Crippen LogP contribution is -2.19. The smallest absolute Gasteiger partial charge is 0.118 e. The monoisotopic (exact) mass is 329 g/mol. The van der Waals surface area contributed by atoms with Crippen LogP contribution in [0.3, 0.4) is 0 Å². The molecule has 1 aliphatic rings. The maximum atomic E-state index is 6.28. The quantitative estimate of drug-likeness (QED) is 0.924. The van der Waals surface area contributed by atoms with Crippen molar-refractivity contribution >= 4 is 23.0 Å². The van der Waals surface area contributed by atoms with Crippen LogP contribution in [0.2, 0.25) is 5.02 Å². The number of nitrogens with zero attached hydrogens (tertiary/aromatic N) is 2. The summed E-state index contributed by atoms with van der Waals surface area (Å²) in [5.41, 5.74) is 10.0. The van der Waals surface area contributed by atoms with Crippen LogP contribution in [-0.2, 0) is 0 Å². The Morgan fingerprint density at radius 1 is 1.26 bits per heavy atom. The summed E-state index contributed by atoms with van der Waals surface area (Å²) < 4.78 is 5.24. The van der Waals surface area contributed by atoms with Gasteiger partial charge in [-0.05, 0) is 42.3 Å². The number of hydrogen-bond donors (Lipinski definition) is 1. The van der Waals surface area contributed by atoms with Crippen molar-refractivity contribution in [2.24, 2.45) is 10.8 Å². The Kier molecular flexibility index (Phi) is 4.55. The molecule has 1 atom stereocenters. The number of rotatable bonds is 4. The van der Waals surface area contributed by atoms with E-state index in [-0.39, 0.29) is 6.04 Å². The molecule has 4 nitrogen and oxygen atoms in total. The number of hydrazone groups is 1. The first kappa shape index (κ1) is 15.8. The van der Waals surface area contributed by atoms with Gasteiger partial charge in [0, 0.05) is 18.0 Å². The second kappa shape index (κ2) is 6.60. The van der Waals surface area contributed by atoms with Crippen LogP contribution in [-0.4, -0.2) is 19.4 Å². The van der Waals surface area contributed by atoms with Gasteiger partial charge in [0.15, 0.2) is 0 Å². The molecule has 1 heterocycles. The van der Waals surface area contributed by atoms with E-state index in [4.69, 9.17) is 27.2 Å². The van der Waals surface area contributed by atoms with Gasteiger partial charge in [-0.3, -0.25) is 5.01 Å². The SMILES string of the molecule is COc1ccc(C2CC(CN)=NN2c2cccc(Cl)c2C)cc1. The summed E-state index contributed by atoms with van der Waals surface area (Å²) in [5, 5.41) is 7.49. The zero-order chi connectivity index (χ0) is 16.4. The first-order valence-corrected chi connectivity index (χ1v) is 7.96. The second-order valence-electron chi connectivity index (χ2n) is 5.59. The van der Waals surface area contributed by atoms with Gasteiger partial charge in [0.2, 0.25) is 0 Å². The van der Waals surface area contributed by atoms with Crippen molar-refractivity contribution in [3.05, 3.63) is 58.6 Å². The molecule has 120 valence electrons. The third-order valence-electron chi connectivity index (χ3n) is 4.20. The molecule has 2 N–H and O–H groups in total. The highest BCUT2D eigenvalue weighted by Gasteiger charge is 2.29. The van der Waals surface area contributed by atoms with Gasteiger partial charge in [0.05, 0.1) is 24.6 Å². The highest BCUT2D eigenvalue weighted by molar-refractivity contribution is 6.31.